The lowest BCUT2D eigenvalue weighted by Crippen LogP contribution is -2.49. The highest BCUT2D eigenvalue weighted by molar-refractivity contribution is 7.88. The van der Waals surface area contributed by atoms with Crippen molar-refractivity contribution in [1.29, 1.82) is 0 Å². The largest absolute Gasteiger partial charge is 0.507 e. The lowest BCUT2D eigenvalue weighted by Gasteiger charge is -2.34. The van der Waals surface area contributed by atoms with Crippen molar-refractivity contribution in [2.45, 2.75) is 52.0 Å². The summed E-state index contributed by atoms with van der Waals surface area (Å²) in [5, 5.41) is 13.4. The average molecular weight is 467 g/mol. The highest BCUT2D eigenvalue weighted by Gasteiger charge is 2.29. The molecule has 10 heteroatoms. The van der Waals surface area contributed by atoms with Crippen LogP contribution in [-0.2, 0) is 26.8 Å². The van der Waals surface area contributed by atoms with Gasteiger partial charge in [0.25, 0.3) is 0 Å². The number of likely N-dealkylation sites (tertiary alicyclic amines) is 1. The Morgan fingerprint density at radius 3 is 2.56 bits per heavy atom. The maximum absolute atomic E-state index is 12.4. The van der Waals surface area contributed by atoms with Crippen molar-refractivity contribution in [1.82, 2.24) is 14.9 Å². The number of phenolic OH excluding ortho intramolecular Hbond substituents is 1. The Balaban J connectivity index is 1.85. The number of hydrogen-bond donors (Lipinski definition) is 3. The molecule has 0 aliphatic carbocycles. The van der Waals surface area contributed by atoms with Crippen LogP contribution in [0.4, 0.5) is 10.5 Å². The highest BCUT2D eigenvalue weighted by Crippen LogP contribution is 2.38. The first kappa shape index (κ1) is 24.5. The number of imide groups is 1. The second-order valence-electron chi connectivity index (χ2n) is 9.87. The van der Waals surface area contributed by atoms with Gasteiger partial charge in [0.15, 0.2) is 0 Å². The van der Waals surface area contributed by atoms with E-state index in [0.29, 0.717) is 30.9 Å². The molecule has 0 spiro atoms. The first-order valence-electron chi connectivity index (χ1n) is 11.0. The minimum absolute atomic E-state index is 0.199. The van der Waals surface area contributed by atoms with E-state index in [4.69, 9.17) is 0 Å². The molecular formula is C22H34N4O5S. The summed E-state index contributed by atoms with van der Waals surface area (Å²) in [4.78, 5) is 27.7. The van der Waals surface area contributed by atoms with E-state index in [0.717, 1.165) is 37.8 Å². The third-order valence-corrected chi connectivity index (χ3v) is 6.67. The molecule has 1 aromatic carbocycles. The number of sulfonamides is 1. The fourth-order valence-corrected chi connectivity index (χ4v) is 4.85. The number of carbonyl (C=O) groups is 2. The van der Waals surface area contributed by atoms with E-state index in [1.54, 1.807) is 0 Å². The Morgan fingerprint density at radius 1 is 1.22 bits per heavy atom. The minimum atomic E-state index is -3.23. The highest BCUT2D eigenvalue weighted by atomic mass is 32.2. The summed E-state index contributed by atoms with van der Waals surface area (Å²) in [5.41, 5.74) is 1.76. The van der Waals surface area contributed by atoms with Crippen LogP contribution < -0.4 is 14.9 Å². The zero-order chi connectivity index (χ0) is 23.7. The number of aromatic hydroxyl groups is 1. The number of rotatable bonds is 6. The summed E-state index contributed by atoms with van der Waals surface area (Å²) in [6.07, 6.45) is 3.28. The van der Waals surface area contributed by atoms with Gasteiger partial charge >= 0.3 is 6.03 Å². The quantitative estimate of drug-likeness (QED) is 0.589. The van der Waals surface area contributed by atoms with Crippen LogP contribution in [0.3, 0.4) is 0 Å². The van der Waals surface area contributed by atoms with Crippen LogP contribution in [-0.4, -0.2) is 62.8 Å². The maximum Gasteiger partial charge on any atom is 0.328 e. The number of benzene rings is 1. The van der Waals surface area contributed by atoms with Gasteiger partial charge in [-0.25, -0.2) is 17.9 Å². The predicted molar refractivity (Wildman–Crippen MR) is 123 cm³/mol. The Morgan fingerprint density at radius 2 is 1.94 bits per heavy atom. The standard InChI is InChI=1S/C22H34N4O5S/c1-22(2,3)18-11-17(26-9-7-19(27)24-21(26)29)10-16(20(18)28)14-25-8-5-6-15(13-25)12-23-32(4,30)31/h10-11,15,23,28H,5-9,12-14H2,1-4H3,(H,24,27,29). The van der Waals surface area contributed by atoms with Crippen molar-refractivity contribution in [2.75, 3.05) is 37.3 Å². The van der Waals surface area contributed by atoms with Crippen molar-refractivity contribution in [3.8, 4) is 5.75 Å². The molecule has 2 fully saturated rings. The number of hydrogen-bond acceptors (Lipinski definition) is 6. The molecule has 2 saturated heterocycles. The summed E-state index contributed by atoms with van der Waals surface area (Å²) in [7, 11) is -3.23. The van der Waals surface area contributed by atoms with Gasteiger partial charge in [-0.1, -0.05) is 20.8 Å². The van der Waals surface area contributed by atoms with Crippen LogP contribution in [0, 0.1) is 5.92 Å². The van der Waals surface area contributed by atoms with Gasteiger partial charge in [-0.3, -0.25) is 19.9 Å². The average Bonchev–Trinajstić information content (AvgIpc) is 2.67. The van der Waals surface area contributed by atoms with Crippen LogP contribution in [0.2, 0.25) is 0 Å². The van der Waals surface area contributed by atoms with Crippen LogP contribution in [0.1, 0.15) is 51.2 Å². The van der Waals surface area contributed by atoms with Gasteiger partial charge in [0.2, 0.25) is 15.9 Å². The Kier molecular flexibility index (Phi) is 7.16. The Bertz CT molecular complexity index is 987. The van der Waals surface area contributed by atoms with Crippen LogP contribution >= 0.6 is 0 Å². The molecule has 178 valence electrons. The minimum Gasteiger partial charge on any atom is -0.507 e. The van der Waals surface area contributed by atoms with Crippen LogP contribution in [0.25, 0.3) is 0 Å². The molecule has 0 bridgehead atoms. The normalized spacial score (nSPS) is 21.0. The first-order chi connectivity index (χ1) is 14.8. The third kappa shape index (κ3) is 6.20. The number of carbonyl (C=O) groups excluding carboxylic acids is 2. The Labute approximate surface area is 190 Å². The third-order valence-electron chi connectivity index (χ3n) is 5.98. The van der Waals surface area contributed by atoms with Gasteiger partial charge in [0.05, 0.1) is 6.26 Å². The van der Waals surface area contributed by atoms with Crippen molar-refractivity contribution < 1.29 is 23.1 Å². The molecule has 3 rings (SSSR count). The second-order valence-corrected chi connectivity index (χ2v) is 11.7. The molecule has 1 atom stereocenters. The van der Waals surface area contributed by atoms with Crippen molar-refractivity contribution in [2.24, 2.45) is 5.92 Å². The lowest BCUT2D eigenvalue weighted by molar-refractivity contribution is -0.120. The maximum atomic E-state index is 12.4. The second kappa shape index (κ2) is 9.36. The van der Waals surface area contributed by atoms with E-state index in [2.05, 4.69) is 14.9 Å². The number of nitrogens with one attached hydrogen (secondary N) is 2. The van der Waals surface area contributed by atoms with Gasteiger partial charge in [-0.15, -0.1) is 0 Å². The van der Waals surface area contributed by atoms with E-state index < -0.39 is 16.1 Å². The van der Waals surface area contributed by atoms with E-state index in [1.165, 1.54) is 4.90 Å². The van der Waals surface area contributed by atoms with Crippen LogP contribution in [0.5, 0.6) is 5.75 Å². The number of urea groups is 1. The fourth-order valence-electron chi connectivity index (χ4n) is 4.31. The summed E-state index contributed by atoms with van der Waals surface area (Å²) >= 11 is 0. The van der Waals surface area contributed by atoms with Gasteiger partial charge in [0, 0.05) is 49.4 Å². The molecule has 3 amide bonds. The number of nitrogens with zero attached hydrogens (tertiary/aromatic N) is 2. The number of amides is 3. The summed E-state index contributed by atoms with van der Waals surface area (Å²) < 4.78 is 25.5. The molecule has 32 heavy (non-hydrogen) atoms. The van der Waals surface area contributed by atoms with Gasteiger partial charge in [-0.05, 0) is 42.9 Å². The number of piperidine rings is 1. The summed E-state index contributed by atoms with van der Waals surface area (Å²) in [6.45, 7) is 8.76. The SMILES string of the molecule is CC(C)(C)c1cc(N2CCC(=O)NC2=O)cc(CN2CCCC(CNS(C)(=O)=O)C2)c1O. The zero-order valence-corrected chi connectivity index (χ0v) is 20.1. The molecule has 2 aliphatic rings. The van der Waals surface area contributed by atoms with E-state index >= 15 is 0 Å². The molecular weight excluding hydrogens is 432 g/mol. The van der Waals surface area contributed by atoms with E-state index in [9.17, 15) is 23.1 Å². The topological polar surface area (TPSA) is 119 Å². The van der Waals surface area contributed by atoms with Crippen molar-refractivity contribution >= 4 is 27.6 Å². The molecule has 1 unspecified atom stereocenters. The molecule has 0 saturated carbocycles. The van der Waals surface area contributed by atoms with Gasteiger partial charge in [0.1, 0.15) is 5.75 Å². The molecule has 2 heterocycles. The smallest absolute Gasteiger partial charge is 0.328 e. The number of anilines is 1. The number of phenols is 1. The summed E-state index contributed by atoms with van der Waals surface area (Å²) in [5.74, 6) is 0.124. The predicted octanol–water partition coefficient (Wildman–Crippen LogP) is 1.90. The molecule has 0 aromatic heterocycles. The van der Waals surface area contributed by atoms with Gasteiger partial charge < -0.3 is 5.11 Å². The first-order valence-corrected chi connectivity index (χ1v) is 12.9. The molecule has 1 aromatic rings. The molecule has 9 nitrogen and oxygen atoms in total. The van der Waals surface area contributed by atoms with Crippen molar-refractivity contribution in [3.05, 3.63) is 23.3 Å². The van der Waals surface area contributed by atoms with Crippen molar-refractivity contribution in [3.63, 3.8) is 0 Å². The summed E-state index contributed by atoms with van der Waals surface area (Å²) in [6, 6.07) is 3.18. The van der Waals surface area contributed by atoms with E-state index in [-0.39, 0.29) is 29.4 Å². The monoisotopic (exact) mass is 466 g/mol. The zero-order valence-electron chi connectivity index (χ0n) is 19.3. The Hall–Kier alpha value is -2.17. The van der Waals surface area contributed by atoms with E-state index in [1.807, 2.05) is 32.9 Å². The molecule has 0 radical (unpaired) electrons. The molecule has 2 aliphatic heterocycles. The van der Waals surface area contributed by atoms with Crippen LogP contribution in [0.15, 0.2) is 12.1 Å². The van der Waals surface area contributed by atoms with Gasteiger partial charge in [-0.2, -0.15) is 0 Å². The fraction of sp³-hybridized carbons (Fsp3) is 0.636. The molecule has 3 N–H and O–H groups in total. The lowest BCUT2D eigenvalue weighted by atomic mass is 9.84.